The lowest BCUT2D eigenvalue weighted by atomic mass is 10.1. The molecule has 1 saturated heterocycles. The van der Waals surface area contributed by atoms with Gasteiger partial charge in [0.1, 0.15) is 0 Å². The maximum Gasteiger partial charge on any atom is 0.239 e. The number of nitrogens with one attached hydrogen (secondary N) is 1. The predicted octanol–water partition coefficient (Wildman–Crippen LogP) is 0.157. The lowest BCUT2D eigenvalue weighted by Crippen LogP contribution is -2.38. The number of rotatable bonds is 4. The summed E-state index contributed by atoms with van der Waals surface area (Å²) in [4.78, 5) is 24.3. The van der Waals surface area contributed by atoms with Crippen molar-refractivity contribution in [3.8, 4) is 0 Å². The van der Waals surface area contributed by atoms with Gasteiger partial charge in [-0.25, -0.2) is 0 Å². The van der Waals surface area contributed by atoms with Crippen molar-refractivity contribution in [1.82, 2.24) is 10.2 Å². The van der Waals surface area contributed by atoms with E-state index in [-0.39, 0.29) is 24.3 Å². The van der Waals surface area contributed by atoms with E-state index in [4.69, 9.17) is 0 Å². The topological polar surface area (TPSA) is 49.4 Å². The highest BCUT2D eigenvalue weighted by Crippen LogP contribution is 2.16. The van der Waals surface area contributed by atoms with E-state index in [0.29, 0.717) is 13.1 Å². The van der Waals surface area contributed by atoms with E-state index >= 15 is 0 Å². The van der Waals surface area contributed by atoms with Crippen LogP contribution in [0.15, 0.2) is 12.7 Å². The zero-order chi connectivity index (χ0) is 10.6. The van der Waals surface area contributed by atoms with Crippen molar-refractivity contribution in [2.45, 2.75) is 13.3 Å². The first-order valence-electron chi connectivity index (χ1n) is 4.81. The number of hydrogen-bond acceptors (Lipinski definition) is 2. The normalized spacial score (nSPS) is 21.1. The van der Waals surface area contributed by atoms with Gasteiger partial charge in [-0.2, -0.15) is 0 Å². The van der Waals surface area contributed by atoms with Crippen LogP contribution in [0.3, 0.4) is 0 Å². The molecule has 0 saturated carbocycles. The fourth-order valence-electron chi connectivity index (χ4n) is 1.47. The SMILES string of the molecule is C=CCNC(=O)CN1CCC(C)C1=O. The largest absolute Gasteiger partial charge is 0.351 e. The van der Waals surface area contributed by atoms with Gasteiger partial charge in [0.25, 0.3) is 0 Å². The van der Waals surface area contributed by atoms with Crippen LogP contribution in [0.5, 0.6) is 0 Å². The second kappa shape index (κ2) is 4.79. The lowest BCUT2D eigenvalue weighted by Gasteiger charge is -2.14. The average molecular weight is 196 g/mol. The summed E-state index contributed by atoms with van der Waals surface area (Å²) < 4.78 is 0. The second-order valence-corrected chi connectivity index (χ2v) is 3.54. The molecule has 0 bridgehead atoms. The van der Waals surface area contributed by atoms with E-state index < -0.39 is 0 Å². The van der Waals surface area contributed by atoms with Gasteiger partial charge in [-0.05, 0) is 6.42 Å². The Morgan fingerprint density at radius 1 is 1.79 bits per heavy atom. The van der Waals surface area contributed by atoms with Crippen molar-refractivity contribution >= 4 is 11.8 Å². The molecule has 1 heterocycles. The Hall–Kier alpha value is -1.32. The molecular formula is C10H16N2O2. The van der Waals surface area contributed by atoms with Crippen LogP contribution < -0.4 is 5.32 Å². The number of likely N-dealkylation sites (tertiary alicyclic amines) is 1. The Morgan fingerprint density at radius 3 is 3.00 bits per heavy atom. The van der Waals surface area contributed by atoms with Crippen molar-refractivity contribution in [1.29, 1.82) is 0 Å². The molecule has 0 aliphatic carbocycles. The number of carbonyl (C=O) groups excluding carboxylic acids is 2. The third kappa shape index (κ3) is 2.58. The van der Waals surface area contributed by atoms with E-state index in [1.54, 1.807) is 11.0 Å². The highest BCUT2D eigenvalue weighted by molar-refractivity contribution is 5.87. The van der Waals surface area contributed by atoms with E-state index in [1.165, 1.54) is 0 Å². The third-order valence-corrected chi connectivity index (χ3v) is 2.34. The third-order valence-electron chi connectivity index (χ3n) is 2.34. The molecule has 78 valence electrons. The maximum absolute atomic E-state index is 11.4. The van der Waals surface area contributed by atoms with Crippen LogP contribution in [-0.2, 0) is 9.59 Å². The predicted molar refractivity (Wildman–Crippen MR) is 53.6 cm³/mol. The summed E-state index contributed by atoms with van der Waals surface area (Å²) in [7, 11) is 0. The van der Waals surface area contributed by atoms with E-state index in [2.05, 4.69) is 11.9 Å². The molecule has 2 amide bonds. The molecule has 4 nitrogen and oxygen atoms in total. The van der Waals surface area contributed by atoms with Crippen molar-refractivity contribution < 1.29 is 9.59 Å². The highest BCUT2D eigenvalue weighted by atomic mass is 16.2. The smallest absolute Gasteiger partial charge is 0.239 e. The molecule has 14 heavy (non-hydrogen) atoms. The molecule has 1 rings (SSSR count). The minimum absolute atomic E-state index is 0.0715. The van der Waals surface area contributed by atoms with Gasteiger partial charge in [-0.1, -0.05) is 13.0 Å². The summed E-state index contributed by atoms with van der Waals surface area (Å²) in [6.45, 7) is 6.72. The summed E-state index contributed by atoms with van der Waals surface area (Å²) in [5, 5.41) is 2.64. The molecule has 1 N–H and O–H groups in total. The Labute approximate surface area is 84.0 Å². The molecule has 0 aromatic heterocycles. The van der Waals surface area contributed by atoms with Gasteiger partial charge in [0.05, 0.1) is 6.54 Å². The summed E-state index contributed by atoms with van der Waals surface area (Å²) >= 11 is 0. The molecule has 4 heteroatoms. The fourth-order valence-corrected chi connectivity index (χ4v) is 1.47. The number of nitrogens with zero attached hydrogens (tertiary/aromatic N) is 1. The molecule has 1 fully saturated rings. The standard InChI is InChI=1S/C10H16N2O2/c1-3-5-11-9(13)7-12-6-4-8(2)10(12)14/h3,8H,1,4-7H2,2H3,(H,11,13). The maximum atomic E-state index is 11.4. The minimum Gasteiger partial charge on any atom is -0.351 e. The molecule has 1 atom stereocenters. The van der Waals surface area contributed by atoms with Crippen molar-refractivity contribution in [2.24, 2.45) is 5.92 Å². The van der Waals surface area contributed by atoms with Gasteiger partial charge in [-0.15, -0.1) is 6.58 Å². The van der Waals surface area contributed by atoms with Gasteiger partial charge in [0, 0.05) is 19.0 Å². The van der Waals surface area contributed by atoms with Crippen LogP contribution in [0.4, 0.5) is 0 Å². The molecule has 0 aromatic rings. The van der Waals surface area contributed by atoms with E-state index in [0.717, 1.165) is 6.42 Å². The summed E-state index contributed by atoms with van der Waals surface area (Å²) in [5.74, 6) is 0.0355. The lowest BCUT2D eigenvalue weighted by molar-refractivity contribution is -0.134. The van der Waals surface area contributed by atoms with Gasteiger partial charge < -0.3 is 10.2 Å². The van der Waals surface area contributed by atoms with Crippen LogP contribution in [-0.4, -0.2) is 36.3 Å². The zero-order valence-electron chi connectivity index (χ0n) is 8.45. The molecule has 0 radical (unpaired) electrons. The fraction of sp³-hybridized carbons (Fsp3) is 0.600. The molecule has 1 aliphatic rings. The first kappa shape index (κ1) is 10.8. The number of amides is 2. The quantitative estimate of drug-likeness (QED) is 0.651. The first-order valence-corrected chi connectivity index (χ1v) is 4.81. The summed E-state index contributed by atoms with van der Waals surface area (Å²) in [6.07, 6.45) is 2.47. The molecule has 0 aromatic carbocycles. The second-order valence-electron chi connectivity index (χ2n) is 3.54. The molecular weight excluding hydrogens is 180 g/mol. The average Bonchev–Trinajstić information content (AvgIpc) is 2.46. The van der Waals surface area contributed by atoms with Crippen LogP contribution in [0.2, 0.25) is 0 Å². The van der Waals surface area contributed by atoms with Crippen molar-refractivity contribution in [2.75, 3.05) is 19.6 Å². The zero-order valence-corrected chi connectivity index (χ0v) is 8.45. The minimum atomic E-state index is -0.118. The Morgan fingerprint density at radius 2 is 2.50 bits per heavy atom. The Kier molecular flexibility index (Phi) is 3.68. The van der Waals surface area contributed by atoms with Crippen LogP contribution >= 0.6 is 0 Å². The van der Waals surface area contributed by atoms with Gasteiger partial charge in [0.2, 0.25) is 11.8 Å². The van der Waals surface area contributed by atoms with Crippen LogP contribution in [0.25, 0.3) is 0 Å². The number of carbonyl (C=O) groups is 2. The monoisotopic (exact) mass is 196 g/mol. The van der Waals surface area contributed by atoms with Crippen molar-refractivity contribution in [3.63, 3.8) is 0 Å². The summed E-state index contributed by atoms with van der Waals surface area (Å²) in [6, 6.07) is 0. The van der Waals surface area contributed by atoms with Crippen LogP contribution in [0.1, 0.15) is 13.3 Å². The van der Waals surface area contributed by atoms with E-state index in [9.17, 15) is 9.59 Å². The highest BCUT2D eigenvalue weighted by Gasteiger charge is 2.28. The Bertz CT molecular complexity index is 251. The Balaban J connectivity index is 2.34. The number of hydrogen-bond donors (Lipinski definition) is 1. The van der Waals surface area contributed by atoms with E-state index in [1.807, 2.05) is 6.92 Å². The molecule has 1 aliphatic heterocycles. The van der Waals surface area contributed by atoms with Crippen molar-refractivity contribution in [3.05, 3.63) is 12.7 Å². The summed E-state index contributed by atoms with van der Waals surface area (Å²) in [5.41, 5.74) is 0. The van der Waals surface area contributed by atoms with Crippen LogP contribution in [0, 0.1) is 5.92 Å². The van der Waals surface area contributed by atoms with Gasteiger partial charge >= 0.3 is 0 Å². The first-order chi connectivity index (χ1) is 6.65. The van der Waals surface area contributed by atoms with Gasteiger partial charge in [-0.3, -0.25) is 9.59 Å². The molecule has 1 unspecified atom stereocenters. The molecule has 0 spiro atoms. The van der Waals surface area contributed by atoms with Gasteiger partial charge in [0.15, 0.2) is 0 Å².